The molecular formula is C20H24N6O. The summed E-state index contributed by atoms with van der Waals surface area (Å²) >= 11 is 0. The maximum atomic E-state index is 13.3. The van der Waals surface area contributed by atoms with E-state index in [0.717, 1.165) is 29.9 Å². The molecule has 0 aliphatic rings. The molecule has 0 saturated heterocycles. The standard InChI is InChI=1S/C20H24N6O/c1-14-16(10-11-23(2)3)22-20-24(4)18-17(19(27)26(14)20)25(13-21-18)12-15-8-6-5-7-9-15/h5-9,13H,10-12H2,1-4H3. The summed E-state index contributed by atoms with van der Waals surface area (Å²) in [5.74, 6) is 0.642. The maximum absolute atomic E-state index is 13.3. The minimum absolute atomic E-state index is 0.0624. The summed E-state index contributed by atoms with van der Waals surface area (Å²) in [6.45, 7) is 3.47. The first kappa shape index (κ1) is 17.5. The van der Waals surface area contributed by atoms with Crippen molar-refractivity contribution in [2.75, 3.05) is 20.6 Å². The highest BCUT2D eigenvalue weighted by molar-refractivity contribution is 5.73. The number of likely N-dealkylation sites (N-methyl/N-ethyl adjacent to an activating group) is 1. The van der Waals surface area contributed by atoms with E-state index in [2.05, 4.69) is 22.0 Å². The Labute approximate surface area is 157 Å². The van der Waals surface area contributed by atoms with E-state index in [0.29, 0.717) is 23.5 Å². The molecule has 0 spiro atoms. The number of hydrogen-bond acceptors (Lipinski definition) is 4. The van der Waals surface area contributed by atoms with Crippen LogP contribution in [0.5, 0.6) is 0 Å². The fraction of sp³-hybridized carbons (Fsp3) is 0.350. The average molecular weight is 364 g/mol. The van der Waals surface area contributed by atoms with Gasteiger partial charge in [-0.3, -0.25) is 9.36 Å². The third-order valence-electron chi connectivity index (χ3n) is 5.02. The van der Waals surface area contributed by atoms with Crippen molar-refractivity contribution in [3.63, 3.8) is 0 Å². The summed E-state index contributed by atoms with van der Waals surface area (Å²) in [6, 6.07) is 10.1. The normalized spacial score (nSPS) is 11.9. The lowest BCUT2D eigenvalue weighted by Gasteiger charge is -2.08. The van der Waals surface area contributed by atoms with Crippen LogP contribution in [0.3, 0.4) is 0 Å². The van der Waals surface area contributed by atoms with Gasteiger partial charge in [0.25, 0.3) is 5.56 Å². The van der Waals surface area contributed by atoms with Crippen LogP contribution in [0.15, 0.2) is 41.5 Å². The number of nitrogens with zero attached hydrogens (tertiary/aromatic N) is 6. The summed E-state index contributed by atoms with van der Waals surface area (Å²) in [7, 11) is 5.99. The van der Waals surface area contributed by atoms with Gasteiger partial charge >= 0.3 is 0 Å². The van der Waals surface area contributed by atoms with E-state index < -0.39 is 0 Å². The molecule has 0 amide bonds. The molecule has 0 fully saturated rings. The van der Waals surface area contributed by atoms with E-state index in [1.807, 2.05) is 55.4 Å². The number of aromatic nitrogens is 5. The minimum Gasteiger partial charge on any atom is -0.320 e. The van der Waals surface area contributed by atoms with Gasteiger partial charge in [0.15, 0.2) is 11.2 Å². The Morgan fingerprint density at radius 1 is 1.15 bits per heavy atom. The van der Waals surface area contributed by atoms with Gasteiger partial charge in [-0.1, -0.05) is 30.3 Å². The van der Waals surface area contributed by atoms with E-state index in [-0.39, 0.29) is 5.56 Å². The van der Waals surface area contributed by atoms with E-state index in [9.17, 15) is 4.79 Å². The highest BCUT2D eigenvalue weighted by Crippen LogP contribution is 2.16. The minimum atomic E-state index is -0.0624. The Morgan fingerprint density at radius 3 is 2.59 bits per heavy atom. The van der Waals surface area contributed by atoms with Crippen molar-refractivity contribution in [2.45, 2.75) is 19.9 Å². The number of aryl methyl sites for hydroxylation is 2. The fourth-order valence-electron chi connectivity index (χ4n) is 3.50. The molecule has 1 aromatic carbocycles. The molecule has 0 aliphatic heterocycles. The monoisotopic (exact) mass is 364 g/mol. The first-order chi connectivity index (χ1) is 13.0. The van der Waals surface area contributed by atoms with Gasteiger partial charge in [0.05, 0.1) is 12.0 Å². The van der Waals surface area contributed by atoms with Gasteiger partial charge < -0.3 is 9.47 Å². The van der Waals surface area contributed by atoms with Crippen LogP contribution in [0, 0.1) is 6.92 Å². The third-order valence-corrected chi connectivity index (χ3v) is 5.02. The first-order valence-electron chi connectivity index (χ1n) is 9.07. The van der Waals surface area contributed by atoms with E-state index >= 15 is 0 Å². The molecule has 3 heterocycles. The molecule has 0 N–H and O–H groups in total. The molecule has 0 aliphatic carbocycles. The molecule has 7 nitrogen and oxygen atoms in total. The van der Waals surface area contributed by atoms with Crippen molar-refractivity contribution in [1.29, 1.82) is 0 Å². The topological polar surface area (TPSA) is 60.4 Å². The van der Waals surface area contributed by atoms with Crippen LogP contribution in [0.4, 0.5) is 0 Å². The predicted octanol–water partition coefficient (Wildman–Crippen LogP) is 1.84. The summed E-state index contributed by atoms with van der Waals surface area (Å²) in [5, 5.41) is 0. The van der Waals surface area contributed by atoms with Gasteiger partial charge in [-0.15, -0.1) is 0 Å². The van der Waals surface area contributed by atoms with E-state index in [1.54, 1.807) is 10.7 Å². The largest absolute Gasteiger partial charge is 0.320 e. The Bertz CT molecular complexity index is 1170. The molecule has 0 atom stereocenters. The van der Waals surface area contributed by atoms with Crippen molar-refractivity contribution >= 4 is 16.9 Å². The molecular weight excluding hydrogens is 340 g/mol. The van der Waals surface area contributed by atoms with Crippen LogP contribution in [-0.4, -0.2) is 49.0 Å². The van der Waals surface area contributed by atoms with E-state index in [1.165, 1.54) is 0 Å². The Morgan fingerprint density at radius 2 is 1.89 bits per heavy atom. The lowest BCUT2D eigenvalue weighted by Crippen LogP contribution is -2.21. The number of imidazole rings is 2. The average Bonchev–Trinajstić information content (AvgIpc) is 3.21. The van der Waals surface area contributed by atoms with Crippen LogP contribution >= 0.6 is 0 Å². The molecule has 0 radical (unpaired) electrons. The van der Waals surface area contributed by atoms with Crippen molar-refractivity contribution < 1.29 is 0 Å². The molecule has 4 aromatic rings. The molecule has 3 aromatic heterocycles. The molecule has 4 rings (SSSR count). The Hall–Kier alpha value is -2.93. The molecule has 0 bridgehead atoms. The van der Waals surface area contributed by atoms with Crippen molar-refractivity contribution in [2.24, 2.45) is 7.05 Å². The second-order valence-electron chi connectivity index (χ2n) is 7.23. The number of benzene rings is 1. The third kappa shape index (κ3) is 2.94. The molecule has 0 saturated carbocycles. The van der Waals surface area contributed by atoms with Crippen molar-refractivity contribution in [3.8, 4) is 0 Å². The van der Waals surface area contributed by atoms with Crippen LogP contribution in [0.25, 0.3) is 16.9 Å². The predicted molar refractivity (Wildman–Crippen MR) is 106 cm³/mol. The second kappa shape index (κ2) is 6.66. The van der Waals surface area contributed by atoms with Crippen LogP contribution < -0.4 is 5.56 Å². The molecule has 140 valence electrons. The SMILES string of the molecule is Cc1c(CCN(C)C)nc2n(C)c3ncn(Cc4ccccc4)c3c(=O)n12. The van der Waals surface area contributed by atoms with Gasteiger partial charge in [0, 0.05) is 32.3 Å². The lowest BCUT2D eigenvalue weighted by molar-refractivity contribution is 0.411. The quantitative estimate of drug-likeness (QED) is 0.542. The van der Waals surface area contributed by atoms with Gasteiger partial charge in [-0.05, 0) is 26.6 Å². The smallest absolute Gasteiger partial charge is 0.285 e. The summed E-state index contributed by atoms with van der Waals surface area (Å²) in [5.41, 5.74) is 4.20. The number of rotatable bonds is 5. The van der Waals surface area contributed by atoms with Crippen LogP contribution in [0.1, 0.15) is 17.0 Å². The van der Waals surface area contributed by atoms with Gasteiger partial charge in [0.1, 0.15) is 0 Å². The zero-order chi connectivity index (χ0) is 19.1. The Balaban J connectivity index is 1.89. The summed E-state index contributed by atoms with van der Waals surface area (Å²) in [6.07, 6.45) is 2.54. The maximum Gasteiger partial charge on any atom is 0.285 e. The summed E-state index contributed by atoms with van der Waals surface area (Å²) < 4.78 is 5.55. The first-order valence-corrected chi connectivity index (χ1v) is 9.07. The van der Waals surface area contributed by atoms with Crippen LogP contribution in [-0.2, 0) is 20.0 Å². The van der Waals surface area contributed by atoms with Crippen molar-refractivity contribution in [3.05, 3.63) is 64.0 Å². The van der Waals surface area contributed by atoms with Gasteiger partial charge in [-0.2, -0.15) is 0 Å². The highest BCUT2D eigenvalue weighted by Gasteiger charge is 2.19. The number of hydrogen-bond donors (Lipinski definition) is 0. The van der Waals surface area contributed by atoms with Crippen molar-refractivity contribution in [1.82, 2.24) is 28.4 Å². The zero-order valence-electron chi connectivity index (χ0n) is 16.2. The fourth-order valence-corrected chi connectivity index (χ4v) is 3.50. The molecule has 0 unspecified atom stereocenters. The van der Waals surface area contributed by atoms with Gasteiger partial charge in [0.2, 0.25) is 5.78 Å². The van der Waals surface area contributed by atoms with E-state index in [4.69, 9.17) is 4.98 Å². The second-order valence-corrected chi connectivity index (χ2v) is 7.23. The molecule has 7 heteroatoms. The van der Waals surface area contributed by atoms with Crippen LogP contribution in [0.2, 0.25) is 0 Å². The number of fused-ring (bicyclic) bond motifs is 2. The van der Waals surface area contributed by atoms with Gasteiger partial charge in [-0.25, -0.2) is 14.4 Å². The Kier molecular flexibility index (Phi) is 4.31. The zero-order valence-corrected chi connectivity index (χ0v) is 16.2. The molecule has 27 heavy (non-hydrogen) atoms. The lowest BCUT2D eigenvalue weighted by atomic mass is 10.2. The highest BCUT2D eigenvalue weighted by atomic mass is 16.1. The summed E-state index contributed by atoms with van der Waals surface area (Å²) in [4.78, 5) is 24.7.